The van der Waals surface area contributed by atoms with E-state index in [2.05, 4.69) is 0 Å². The fourth-order valence-corrected chi connectivity index (χ4v) is 3.44. The number of ether oxygens (including phenoxy) is 2. The van der Waals surface area contributed by atoms with Crippen LogP contribution in [0, 0.1) is 5.82 Å². The minimum Gasteiger partial charge on any atom is -0.507 e. The summed E-state index contributed by atoms with van der Waals surface area (Å²) in [6.07, 6.45) is -0.0683. The Balaban J connectivity index is 2.12. The van der Waals surface area contributed by atoms with Gasteiger partial charge >= 0.3 is 0 Å². The van der Waals surface area contributed by atoms with Gasteiger partial charge in [-0.15, -0.1) is 0 Å². The second-order valence-corrected chi connectivity index (χ2v) is 7.23. The van der Waals surface area contributed by atoms with E-state index in [-0.39, 0.29) is 30.6 Å². The topological polar surface area (TPSA) is 76.1 Å². The summed E-state index contributed by atoms with van der Waals surface area (Å²) in [7, 11) is 1.49. The lowest BCUT2D eigenvalue weighted by Crippen LogP contribution is -2.32. The Morgan fingerprint density at radius 1 is 1.17 bits per heavy atom. The molecule has 1 aliphatic rings. The zero-order valence-electron chi connectivity index (χ0n) is 17.1. The van der Waals surface area contributed by atoms with Crippen LogP contribution in [-0.4, -0.2) is 48.1 Å². The highest BCUT2D eigenvalue weighted by atomic mass is 19.1. The van der Waals surface area contributed by atoms with Crippen molar-refractivity contribution in [2.24, 2.45) is 0 Å². The van der Waals surface area contributed by atoms with E-state index in [4.69, 9.17) is 9.47 Å². The van der Waals surface area contributed by atoms with Crippen LogP contribution in [0.5, 0.6) is 5.75 Å². The van der Waals surface area contributed by atoms with Gasteiger partial charge in [-0.2, -0.15) is 0 Å². The van der Waals surface area contributed by atoms with Crippen LogP contribution in [0.25, 0.3) is 5.76 Å². The standard InChI is InChI=1S/C23H24FNO5/c1-14(2)30-18-6-4-5-16(13-18)21(26)19-20(15-7-9-17(24)10-8-15)25(11-12-29-3)23(28)22(19)27/h4-10,13-14,20,26H,11-12H2,1-3H3/b21-19-. The summed E-state index contributed by atoms with van der Waals surface area (Å²) >= 11 is 0. The zero-order chi connectivity index (χ0) is 21.8. The zero-order valence-corrected chi connectivity index (χ0v) is 17.1. The smallest absolute Gasteiger partial charge is 0.295 e. The van der Waals surface area contributed by atoms with Crippen LogP contribution < -0.4 is 4.74 Å². The second kappa shape index (κ2) is 9.09. The predicted molar refractivity (Wildman–Crippen MR) is 109 cm³/mol. The van der Waals surface area contributed by atoms with Gasteiger partial charge in [-0.05, 0) is 43.7 Å². The number of aliphatic hydroxyl groups excluding tert-OH is 1. The highest BCUT2D eigenvalue weighted by Gasteiger charge is 2.45. The number of Topliss-reactive ketones (excluding diaryl/α,β-unsaturated/α-hetero) is 1. The second-order valence-electron chi connectivity index (χ2n) is 7.23. The largest absolute Gasteiger partial charge is 0.507 e. The summed E-state index contributed by atoms with van der Waals surface area (Å²) in [4.78, 5) is 26.9. The molecular formula is C23H24FNO5. The summed E-state index contributed by atoms with van der Waals surface area (Å²) in [5, 5.41) is 11.0. The summed E-state index contributed by atoms with van der Waals surface area (Å²) < 4.78 is 24.2. The van der Waals surface area contributed by atoms with Crippen molar-refractivity contribution < 1.29 is 28.6 Å². The number of amides is 1. The van der Waals surface area contributed by atoms with Crippen LogP contribution in [0.1, 0.15) is 31.0 Å². The molecule has 30 heavy (non-hydrogen) atoms. The van der Waals surface area contributed by atoms with E-state index in [1.54, 1.807) is 24.3 Å². The van der Waals surface area contributed by atoms with Gasteiger partial charge in [0.2, 0.25) is 0 Å². The molecule has 1 saturated heterocycles. The first-order chi connectivity index (χ1) is 14.3. The van der Waals surface area contributed by atoms with Gasteiger partial charge < -0.3 is 19.5 Å². The first-order valence-electron chi connectivity index (χ1n) is 9.63. The maximum atomic E-state index is 13.5. The maximum Gasteiger partial charge on any atom is 0.295 e. The fraction of sp³-hybridized carbons (Fsp3) is 0.304. The first-order valence-corrected chi connectivity index (χ1v) is 9.63. The Labute approximate surface area is 174 Å². The van der Waals surface area contributed by atoms with Crippen LogP contribution in [0.15, 0.2) is 54.1 Å². The molecule has 7 heteroatoms. The third-order valence-electron chi connectivity index (χ3n) is 4.74. The maximum absolute atomic E-state index is 13.5. The van der Waals surface area contributed by atoms with Crippen LogP contribution in [0.3, 0.4) is 0 Å². The molecule has 0 radical (unpaired) electrons. The molecule has 2 aromatic rings. The quantitative estimate of drug-likeness (QED) is 0.426. The highest BCUT2D eigenvalue weighted by Crippen LogP contribution is 2.39. The third kappa shape index (κ3) is 4.36. The van der Waals surface area contributed by atoms with E-state index in [0.29, 0.717) is 16.9 Å². The molecule has 0 aliphatic carbocycles. The fourth-order valence-electron chi connectivity index (χ4n) is 3.44. The Morgan fingerprint density at radius 2 is 1.87 bits per heavy atom. The number of likely N-dealkylation sites (tertiary alicyclic amines) is 1. The van der Waals surface area contributed by atoms with Gasteiger partial charge in [-0.3, -0.25) is 9.59 Å². The van der Waals surface area contributed by atoms with E-state index in [1.165, 1.54) is 36.3 Å². The SMILES string of the molecule is COCCN1C(=O)C(=O)/C(=C(\O)c2cccc(OC(C)C)c2)C1c1ccc(F)cc1. The molecule has 2 aromatic carbocycles. The number of rotatable bonds is 7. The van der Waals surface area contributed by atoms with Crippen molar-refractivity contribution in [3.8, 4) is 5.75 Å². The number of hydrogen-bond donors (Lipinski definition) is 1. The molecule has 1 aliphatic heterocycles. The molecule has 3 rings (SSSR count). The molecule has 1 unspecified atom stereocenters. The molecule has 158 valence electrons. The molecule has 0 aromatic heterocycles. The molecule has 0 spiro atoms. The summed E-state index contributed by atoms with van der Waals surface area (Å²) in [5.74, 6) is -1.76. The van der Waals surface area contributed by atoms with Crippen molar-refractivity contribution in [1.29, 1.82) is 0 Å². The highest BCUT2D eigenvalue weighted by molar-refractivity contribution is 6.46. The lowest BCUT2D eigenvalue weighted by atomic mass is 9.95. The van der Waals surface area contributed by atoms with Gasteiger partial charge in [0, 0.05) is 19.2 Å². The van der Waals surface area contributed by atoms with E-state index in [1.807, 2.05) is 13.8 Å². The lowest BCUT2D eigenvalue weighted by Gasteiger charge is -2.25. The number of ketones is 1. The average molecular weight is 413 g/mol. The number of hydrogen-bond acceptors (Lipinski definition) is 5. The van der Waals surface area contributed by atoms with Crippen LogP contribution >= 0.6 is 0 Å². The van der Waals surface area contributed by atoms with Gasteiger partial charge in [0.25, 0.3) is 11.7 Å². The number of carbonyl (C=O) groups is 2. The van der Waals surface area contributed by atoms with E-state index in [9.17, 15) is 19.1 Å². The van der Waals surface area contributed by atoms with Gasteiger partial charge in [0.15, 0.2) is 0 Å². The Hall–Kier alpha value is -3.19. The van der Waals surface area contributed by atoms with Crippen molar-refractivity contribution >= 4 is 17.4 Å². The van der Waals surface area contributed by atoms with E-state index in [0.717, 1.165) is 0 Å². The van der Waals surface area contributed by atoms with Crippen LogP contribution in [0.4, 0.5) is 4.39 Å². The minimum absolute atomic E-state index is 0.0515. The van der Waals surface area contributed by atoms with Crippen molar-refractivity contribution in [2.75, 3.05) is 20.3 Å². The Morgan fingerprint density at radius 3 is 2.50 bits per heavy atom. The summed E-state index contributed by atoms with van der Waals surface area (Å²) in [5.41, 5.74) is 0.817. The van der Waals surface area contributed by atoms with Gasteiger partial charge in [0.05, 0.1) is 24.3 Å². The van der Waals surface area contributed by atoms with E-state index >= 15 is 0 Å². The van der Waals surface area contributed by atoms with Crippen LogP contribution in [-0.2, 0) is 14.3 Å². The molecule has 0 saturated carbocycles. The summed E-state index contributed by atoms with van der Waals surface area (Å²) in [6, 6.07) is 11.3. The molecule has 0 bridgehead atoms. The number of methoxy groups -OCH3 is 1. The molecule has 1 atom stereocenters. The molecule has 1 N–H and O–H groups in total. The monoisotopic (exact) mass is 413 g/mol. The number of aliphatic hydroxyl groups is 1. The van der Waals surface area contributed by atoms with Gasteiger partial charge in [-0.25, -0.2) is 4.39 Å². The summed E-state index contributed by atoms with van der Waals surface area (Å²) in [6.45, 7) is 4.11. The number of carbonyl (C=O) groups excluding carboxylic acids is 2. The molecule has 1 heterocycles. The molecular weight excluding hydrogens is 389 g/mol. The number of benzene rings is 2. The molecule has 6 nitrogen and oxygen atoms in total. The van der Waals surface area contributed by atoms with Gasteiger partial charge in [0.1, 0.15) is 17.3 Å². The van der Waals surface area contributed by atoms with Crippen molar-refractivity contribution in [1.82, 2.24) is 4.90 Å². The average Bonchev–Trinajstić information content (AvgIpc) is 2.96. The number of nitrogens with zero attached hydrogens (tertiary/aromatic N) is 1. The molecule has 1 amide bonds. The van der Waals surface area contributed by atoms with Crippen molar-refractivity contribution in [2.45, 2.75) is 26.0 Å². The Kier molecular flexibility index (Phi) is 6.52. The minimum atomic E-state index is -0.851. The lowest BCUT2D eigenvalue weighted by molar-refractivity contribution is -0.140. The van der Waals surface area contributed by atoms with Crippen LogP contribution in [0.2, 0.25) is 0 Å². The number of halogens is 1. The van der Waals surface area contributed by atoms with Gasteiger partial charge in [-0.1, -0.05) is 24.3 Å². The van der Waals surface area contributed by atoms with E-state index < -0.39 is 23.5 Å². The first kappa shape index (κ1) is 21.5. The normalized spacial score (nSPS) is 18.3. The Bertz CT molecular complexity index is 968. The van der Waals surface area contributed by atoms with Crippen molar-refractivity contribution in [3.63, 3.8) is 0 Å². The molecule has 1 fully saturated rings. The van der Waals surface area contributed by atoms with Crippen molar-refractivity contribution in [3.05, 3.63) is 71.0 Å². The third-order valence-corrected chi connectivity index (χ3v) is 4.74. The predicted octanol–water partition coefficient (Wildman–Crippen LogP) is 3.68.